The zero-order valence-corrected chi connectivity index (χ0v) is 8.82. The third kappa shape index (κ3) is 3.47. The van der Waals surface area contributed by atoms with Gasteiger partial charge in [-0.25, -0.2) is 0 Å². The number of carbonyl (C=O) groups excluding carboxylic acids is 1. The Hall–Kier alpha value is -1.75. The summed E-state index contributed by atoms with van der Waals surface area (Å²) in [5, 5.41) is 0. The van der Waals surface area contributed by atoms with Crippen molar-refractivity contribution >= 4 is 5.78 Å². The van der Waals surface area contributed by atoms with E-state index >= 15 is 0 Å². The first-order valence-electron chi connectivity index (χ1n) is 4.92. The van der Waals surface area contributed by atoms with Crippen LogP contribution in [0.4, 0.5) is 0 Å². The van der Waals surface area contributed by atoms with Gasteiger partial charge in [-0.2, -0.15) is 0 Å². The van der Waals surface area contributed by atoms with Gasteiger partial charge in [0.1, 0.15) is 5.75 Å². The summed E-state index contributed by atoms with van der Waals surface area (Å²) in [4.78, 5) is 11.2. The molecule has 0 unspecified atom stereocenters. The van der Waals surface area contributed by atoms with Crippen LogP contribution < -0.4 is 4.74 Å². The van der Waals surface area contributed by atoms with Crippen molar-refractivity contribution < 1.29 is 9.53 Å². The van der Waals surface area contributed by atoms with Crippen molar-refractivity contribution in [1.29, 1.82) is 0 Å². The summed E-state index contributed by atoms with van der Waals surface area (Å²) in [7, 11) is 0. The molecule has 78 valence electrons. The number of para-hydroxylation sites is 1. The second kappa shape index (κ2) is 5.87. The van der Waals surface area contributed by atoms with Crippen molar-refractivity contribution in [1.82, 2.24) is 0 Å². The molecule has 0 radical (unpaired) electrons. The minimum Gasteiger partial charge on any atom is -0.493 e. The highest BCUT2D eigenvalue weighted by atomic mass is 16.5. The third-order valence-corrected chi connectivity index (χ3v) is 1.99. The van der Waals surface area contributed by atoms with Crippen molar-refractivity contribution in [3.63, 3.8) is 0 Å². The normalized spacial score (nSPS) is 9.33. The third-order valence-electron chi connectivity index (χ3n) is 1.99. The maximum Gasteiger partial charge on any atom is 0.163 e. The van der Waals surface area contributed by atoms with Gasteiger partial charge in [0.05, 0.1) is 12.2 Å². The van der Waals surface area contributed by atoms with Crippen LogP contribution in [0.1, 0.15) is 30.1 Å². The van der Waals surface area contributed by atoms with Crippen molar-refractivity contribution in [2.24, 2.45) is 0 Å². The Morgan fingerprint density at radius 1 is 1.47 bits per heavy atom. The largest absolute Gasteiger partial charge is 0.493 e. The van der Waals surface area contributed by atoms with E-state index in [0.29, 0.717) is 24.3 Å². The van der Waals surface area contributed by atoms with E-state index in [4.69, 9.17) is 11.2 Å². The highest BCUT2D eigenvalue weighted by Gasteiger charge is 2.06. The lowest BCUT2D eigenvalue weighted by atomic mass is 10.1. The van der Waals surface area contributed by atoms with Crippen molar-refractivity contribution in [3.8, 4) is 18.1 Å². The summed E-state index contributed by atoms with van der Waals surface area (Å²) >= 11 is 0. The maximum absolute atomic E-state index is 11.2. The van der Waals surface area contributed by atoms with E-state index in [1.165, 1.54) is 6.92 Å². The van der Waals surface area contributed by atoms with Gasteiger partial charge < -0.3 is 4.74 Å². The standard InChI is InChI=1S/C13H14O2/c1-3-4-7-10-15-13-9-6-5-8-12(13)11(2)14/h1,5-6,8-9H,4,7,10H2,2H3. The minimum atomic E-state index is 0.0162. The van der Waals surface area contributed by atoms with Gasteiger partial charge in [0.2, 0.25) is 0 Å². The second-order valence-electron chi connectivity index (χ2n) is 3.21. The van der Waals surface area contributed by atoms with E-state index in [-0.39, 0.29) is 5.78 Å². The van der Waals surface area contributed by atoms with Crippen LogP contribution in [0.2, 0.25) is 0 Å². The van der Waals surface area contributed by atoms with Crippen molar-refractivity contribution in [3.05, 3.63) is 29.8 Å². The van der Waals surface area contributed by atoms with Crippen LogP contribution in [0, 0.1) is 12.3 Å². The van der Waals surface area contributed by atoms with Crippen LogP contribution in [0.5, 0.6) is 5.75 Å². The van der Waals surface area contributed by atoms with E-state index in [0.717, 1.165) is 6.42 Å². The van der Waals surface area contributed by atoms with Crippen LogP contribution in [0.15, 0.2) is 24.3 Å². The lowest BCUT2D eigenvalue weighted by molar-refractivity contribution is 0.101. The second-order valence-corrected chi connectivity index (χ2v) is 3.21. The molecule has 0 aromatic heterocycles. The first kappa shape index (κ1) is 11.3. The first-order valence-corrected chi connectivity index (χ1v) is 4.92. The molecule has 0 aliphatic rings. The van der Waals surface area contributed by atoms with Crippen LogP contribution in [0.3, 0.4) is 0 Å². The summed E-state index contributed by atoms with van der Waals surface area (Å²) in [5.74, 6) is 3.20. The lowest BCUT2D eigenvalue weighted by Crippen LogP contribution is -2.02. The molecule has 0 aliphatic heterocycles. The molecule has 0 amide bonds. The molecule has 0 spiro atoms. The van der Waals surface area contributed by atoms with E-state index in [1.807, 2.05) is 12.1 Å². The maximum atomic E-state index is 11.2. The number of ketones is 1. The Morgan fingerprint density at radius 3 is 2.87 bits per heavy atom. The summed E-state index contributed by atoms with van der Waals surface area (Å²) in [6.07, 6.45) is 6.63. The van der Waals surface area contributed by atoms with Crippen LogP contribution in [-0.4, -0.2) is 12.4 Å². The fourth-order valence-electron chi connectivity index (χ4n) is 1.24. The molecule has 1 aromatic carbocycles. The Kier molecular flexibility index (Phi) is 4.43. The molecule has 0 atom stereocenters. The smallest absolute Gasteiger partial charge is 0.163 e. The monoisotopic (exact) mass is 202 g/mol. The topological polar surface area (TPSA) is 26.3 Å². The predicted octanol–water partition coefficient (Wildman–Crippen LogP) is 2.68. The van der Waals surface area contributed by atoms with Crippen molar-refractivity contribution in [2.45, 2.75) is 19.8 Å². The number of terminal acetylenes is 1. The fourth-order valence-corrected chi connectivity index (χ4v) is 1.24. The molecule has 1 aromatic rings. The van der Waals surface area contributed by atoms with Gasteiger partial charge in [0.25, 0.3) is 0 Å². The Bertz CT molecular complexity index is 374. The van der Waals surface area contributed by atoms with Gasteiger partial charge >= 0.3 is 0 Å². The minimum absolute atomic E-state index is 0.0162. The number of carbonyl (C=O) groups is 1. The van der Waals surface area contributed by atoms with Gasteiger partial charge in [-0.15, -0.1) is 12.3 Å². The Balaban J connectivity index is 2.60. The highest BCUT2D eigenvalue weighted by Crippen LogP contribution is 2.18. The average molecular weight is 202 g/mol. The van der Waals surface area contributed by atoms with Crippen molar-refractivity contribution in [2.75, 3.05) is 6.61 Å². The van der Waals surface area contributed by atoms with Crippen LogP contribution in [-0.2, 0) is 0 Å². The number of benzene rings is 1. The molecule has 0 fully saturated rings. The molecule has 0 N–H and O–H groups in total. The average Bonchev–Trinajstić information content (AvgIpc) is 2.25. The van der Waals surface area contributed by atoms with Gasteiger partial charge in [-0.3, -0.25) is 4.79 Å². The van der Waals surface area contributed by atoms with E-state index in [1.54, 1.807) is 12.1 Å². The molecule has 0 heterocycles. The van der Waals surface area contributed by atoms with E-state index in [9.17, 15) is 4.79 Å². The van der Waals surface area contributed by atoms with Gasteiger partial charge in [0, 0.05) is 6.42 Å². The summed E-state index contributed by atoms with van der Waals surface area (Å²) < 4.78 is 5.48. The molecule has 0 saturated carbocycles. The van der Waals surface area contributed by atoms with E-state index < -0.39 is 0 Å². The summed E-state index contributed by atoms with van der Waals surface area (Å²) in [5.41, 5.74) is 0.623. The first-order chi connectivity index (χ1) is 7.25. The number of ether oxygens (including phenoxy) is 1. The lowest BCUT2D eigenvalue weighted by Gasteiger charge is -2.08. The molecular formula is C13H14O2. The zero-order chi connectivity index (χ0) is 11.1. The Labute approximate surface area is 90.3 Å². The fraction of sp³-hybridized carbons (Fsp3) is 0.308. The molecule has 0 saturated heterocycles. The highest BCUT2D eigenvalue weighted by molar-refractivity contribution is 5.96. The quantitative estimate of drug-likeness (QED) is 0.417. The van der Waals surface area contributed by atoms with Gasteiger partial charge in [-0.1, -0.05) is 12.1 Å². The van der Waals surface area contributed by atoms with Gasteiger partial charge in [-0.05, 0) is 25.5 Å². The molecule has 2 nitrogen and oxygen atoms in total. The summed E-state index contributed by atoms with van der Waals surface area (Å²) in [6.45, 7) is 2.08. The molecule has 0 aliphatic carbocycles. The van der Waals surface area contributed by atoms with Crippen LogP contribution in [0.25, 0.3) is 0 Å². The molecule has 2 heteroatoms. The summed E-state index contributed by atoms with van der Waals surface area (Å²) in [6, 6.07) is 7.24. The number of rotatable bonds is 5. The Morgan fingerprint density at radius 2 is 2.20 bits per heavy atom. The molecule has 1 rings (SSSR count). The number of unbranched alkanes of at least 4 members (excludes halogenated alkanes) is 1. The molecule has 0 bridgehead atoms. The number of hydrogen-bond acceptors (Lipinski definition) is 2. The van der Waals surface area contributed by atoms with E-state index in [2.05, 4.69) is 5.92 Å². The number of Topliss-reactive ketones (excluding diaryl/α,β-unsaturated/α-hetero) is 1. The van der Waals surface area contributed by atoms with Crippen LogP contribution >= 0.6 is 0 Å². The van der Waals surface area contributed by atoms with Gasteiger partial charge in [0.15, 0.2) is 5.78 Å². The molecular weight excluding hydrogens is 188 g/mol. The number of hydrogen-bond donors (Lipinski definition) is 0. The predicted molar refractivity (Wildman–Crippen MR) is 60.0 cm³/mol. The molecule has 15 heavy (non-hydrogen) atoms. The SMILES string of the molecule is C#CCCCOc1ccccc1C(C)=O. The zero-order valence-electron chi connectivity index (χ0n) is 8.82.